The molecule has 0 radical (unpaired) electrons. The molecule has 0 bridgehead atoms. The summed E-state index contributed by atoms with van der Waals surface area (Å²) in [6, 6.07) is 2.92. The molecule has 0 unspecified atom stereocenters. The highest BCUT2D eigenvalue weighted by atomic mass is 16.2. The zero-order chi connectivity index (χ0) is 10.8. The SMILES string of the molecule is CN1CC(=O)N[C@H](c2cccnc2)C1=O. The van der Waals surface area contributed by atoms with Crippen molar-refractivity contribution in [3.8, 4) is 0 Å². The highest BCUT2D eigenvalue weighted by Crippen LogP contribution is 2.16. The second-order valence-electron chi connectivity index (χ2n) is 3.48. The van der Waals surface area contributed by atoms with Gasteiger partial charge in [-0.3, -0.25) is 14.6 Å². The number of likely N-dealkylation sites (N-methyl/N-ethyl adjacent to an activating group) is 1. The highest BCUT2D eigenvalue weighted by molar-refractivity contribution is 5.95. The van der Waals surface area contributed by atoms with Gasteiger partial charge in [0.1, 0.15) is 6.04 Å². The van der Waals surface area contributed by atoms with E-state index in [-0.39, 0.29) is 18.4 Å². The van der Waals surface area contributed by atoms with E-state index < -0.39 is 6.04 Å². The monoisotopic (exact) mass is 205 g/mol. The van der Waals surface area contributed by atoms with Gasteiger partial charge in [-0.2, -0.15) is 0 Å². The number of nitrogens with zero attached hydrogens (tertiary/aromatic N) is 2. The van der Waals surface area contributed by atoms with Crippen molar-refractivity contribution in [1.29, 1.82) is 0 Å². The largest absolute Gasteiger partial charge is 0.339 e. The predicted octanol–water partition coefficient (Wildman–Crippen LogP) is -0.289. The van der Waals surface area contributed by atoms with Crippen LogP contribution < -0.4 is 5.32 Å². The van der Waals surface area contributed by atoms with Gasteiger partial charge in [0.2, 0.25) is 11.8 Å². The Morgan fingerprint density at radius 3 is 3.00 bits per heavy atom. The lowest BCUT2D eigenvalue weighted by molar-refractivity contribution is -0.143. The first-order valence-corrected chi connectivity index (χ1v) is 4.63. The van der Waals surface area contributed by atoms with Gasteiger partial charge in [-0.05, 0) is 6.07 Å². The number of carbonyl (C=O) groups is 2. The molecule has 2 amide bonds. The van der Waals surface area contributed by atoms with Gasteiger partial charge in [0.05, 0.1) is 6.54 Å². The molecule has 5 nitrogen and oxygen atoms in total. The molecule has 1 aliphatic rings. The Morgan fingerprint density at radius 2 is 2.33 bits per heavy atom. The van der Waals surface area contributed by atoms with Gasteiger partial charge in [0.25, 0.3) is 0 Å². The lowest BCUT2D eigenvalue weighted by atomic mass is 10.1. The summed E-state index contributed by atoms with van der Waals surface area (Å²) < 4.78 is 0. The third kappa shape index (κ3) is 1.81. The van der Waals surface area contributed by atoms with Crippen molar-refractivity contribution >= 4 is 11.8 Å². The van der Waals surface area contributed by atoms with Crippen molar-refractivity contribution in [3.05, 3.63) is 30.1 Å². The maximum atomic E-state index is 11.8. The van der Waals surface area contributed by atoms with E-state index in [4.69, 9.17) is 0 Å². The molecular weight excluding hydrogens is 194 g/mol. The van der Waals surface area contributed by atoms with E-state index in [1.165, 1.54) is 4.90 Å². The van der Waals surface area contributed by atoms with Crippen LogP contribution in [0.5, 0.6) is 0 Å². The minimum Gasteiger partial charge on any atom is -0.339 e. The highest BCUT2D eigenvalue weighted by Gasteiger charge is 2.31. The first kappa shape index (κ1) is 9.64. The molecular formula is C10H11N3O2. The standard InChI is InChI=1S/C10H11N3O2/c1-13-6-8(14)12-9(10(13)15)7-3-2-4-11-5-7/h2-5,9H,6H2,1H3,(H,12,14)/t9-/m1/s1. The molecule has 0 aromatic carbocycles. The van der Waals surface area contributed by atoms with Gasteiger partial charge in [-0.1, -0.05) is 6.07 Å². The Hall–Kier alpha value is -1.91. The van der Waals surface area contributed by atoms with E-state index in [2.05, 4.69) is 10.3 Å². The molecule has 1 aliphatic heterocycles. The van der Waals surface area contributed by atoms with Crippen molar-refractivity contribution < 1.29 is 9.59 Å². The summed E-state index contributed by atoms with van der Waals surface area (Å²) in [5, 5.41) is 2.64. The van der Waals surface area contributed by atoms with Crippen molar-refractivity contribution in [1.82, 2.24) is 15.2 Å². The summed E-state index contributed by atoms with van der Waals surface area (Å²) in [6.07, 6.45) is 3.21. The van der Waals surface area contributed by atoms with Crippen LogP contribution in [-0.4, -0.2) is 35.3 Å². The van der Waals surface area contributed by atoms with Gasteiger partial charge >= 0.3 is 0 Å². The molecule has 1 fully saturated rings. The lowest BCUT2D eigenvalue weighted by Gasteiger charge is -2.29. The first-order valence-electron chi connectivity index (χ1n) is 4.63. The van der Waals surface area contributed by atoms with Gasteiger partial charge < -0.3 is 10.2 Å². The number of pyridine rings is 1. The Morgan fingerprint density at radius 1 is 1.53 bits per heavy atom. The van der Waals surface area contributed by atoms with E-state index in [0.29, 0.717) is 5.56 Å². The Balaban J connectivity index is 2.28. The summed E-state index contributed by atoms with van der Waals surface area (Å²) in [5.41, 5.74) is 0.711. The van der Waals surface area contributed by atoms with Gasteiger partial charge in [0.15, 0.2) is 0 Å². The third-order valence-corrected chi connectivity index (χ3v) is 2.33. The second kappa shape index (κ2) is 3.68. The average molecular weight is 205 g/mol. The number of aromatic nitrogens is 1. The van der Waals surface area contributed by atoms with E-state index in [1.807, 2.05) is 0 Å². The smallest absolute Gasteiger partial charge is 0.250 e. The minimum absolute atomic E-state index is 0.109. The predicted molar refractivity (Wildman–Crippen MR) is 52.8 cm³/mol. The number of amides is 2. The maximum Gasteiger partial charge on any atom is 0.250 e. The summed E-state index contributed by atoms with van der Waals surface area (Å²) in [5.74, 6) is -0.256. The molecule has 2 rings (SSSR count). The summed E-state index contributed by atoms with van der Waals surface area (Å²) in [6.45, 7) is 0.121. The van der Waals surface area contributed by atoms with Gasteiger partial charge in [0, 0.05) is 25.0 Å². The van der Waals surface area contributed by atoms with Gasteiger partial charge in [-0.15, -0.1) is 0 Å². The molecule has 0 aliphatic carbocycles. The Bertz CT molecular complexity index is 391. The average Bonchev–Trinajstić information content (AvgIpc) is 2.24. The summed E-state index contributed by atoms with van der Waals surface area (Å²) in [7, 11) is 1.62. The summed E-state index contributed by atoms with van der Waals surface area (Å²) >= 11 is 0. The fourth-order valence-electron chi connectivity index (χ4n) is 1.55. The molecule has 0 saturated carbocycles. The van der Waals surface area contributed by atoms with E-state index >= 15 is 0 Å². The van der Waals surface area contributed by atoms with Crippen molar-refractivity contribution in [2.24, 2.45) is 0 Å². The fraction of sp³-hybridized carbons (Fsp3) is 0.300. The van der Waals surface area contributed by atoms with Crippen molar-refractivity contribution in [3.63, 3.8) is 0 Å². The van der Waals surface area contributed by atoms with E-state index in [1.54, 1.807) is 31.6 Å². The van der Waals surface area contributed by atoms with E-state index in [0.717, 1.165) is 0 Å². The molecule has 0 spiro atoms. The normalized spacial score (nSPS) is 21.4. The van der Waals surface area contributed by atoms with Crippen LogP contribution in [0.1, 0.15) is 11.6 Å². The number of nitrogens with one attached hydrogen (secondary N) is 1. The molecule has 78 valence electrons. The zero-order valence-electron chi connectivity index (χ0n) is 8.30. The van der Waals surface area contributed by atoms with E-state index in [9.17, 15) is 9.59 Å². The van der Waals surface area contributed by atoms with Crippen molar-refractivity contribution in [2.75, 3.05) is 13.6 Å². The molecule has 5 heteroatoms. The number of hydrogen-bond donors (Lipinski definition) is 1. The molecule has 1 N–H and O–H groups in total. The third-order valence-electron chi connectivity index (χ3n) is 2.33. The van der Waals surface area contributed by atoms with Crippen LogP contribution >= 0.6 is 0 Å². The minimum atomic E-state index is -0.593. The number of carbonyl (C=O) groups excluding carboxylic acids is 2. The van der Waals surface area contributed by atoms with Crippen LogP contribution in [0.3, 0.4) is 0 Å². The Labute approximate surface area is 87.1 Å². The van der Waals surface area contributed by atoms with Crippen LogP contribution in [0.4, 0.5) is 0 Å². The molecule has 1 atom stereocenters. The summed E-state index contributed by atoms with van der Waals surface area (Å²) in [4.78, 5) is 28.4. The van der Waals surface area contributed by atoms with Gasteiger partial charge in [-0.25, -0.2) is 0 Å². The zero-order valence-corrected chi connectivity index (χ0v) is 8.30. The van der Waals surface area contributed by atoms with Crippen LogP contribution in [0.2, 0.25) is 0 Å². The topological polar surface area (TPSA) is 62.3 Å². The molecule has 15 heavy (non-hydrogen) atoms. The molecule has 1 aromatic heterocycles. The first-order chi connectivity index (χ1) is 7.18. The van der Waals surface area contributed by atoms with Crippen LogP contribution in [-0.2, 0) is 9.59 Å². The molecule has 2 heterocycles. The number of rotatable bonds is 1. The lowest BCUT2D eigenvalue weighted by Crippen LogP contribution is -2.51. The Kier molecular flexibility index (Phi) is 2.37. The quantitative estimate of drug-likeness (QED) is 0.685. The second-order valence-corrected chi connectivity index (χ2v) is 3.48. The number of piperazine rings is 1. The molecule has 1 aromatic rings. The number of hydrogen-bond acceptors (Lipinski definition) is 3. The van der Waals surface area contributed by atoms with Crippen molar-refractivity contribution in [2.45, 2.75) is 6.04 Å². The maximum absolute atomic E-state index is 11.8. The molecule has 1 saturated heterocycles. The van der Waals surface area contributed by atoms with Crippen LogP contribution in [0.25, 0.3) is 0 Å². The fourth-order valence-corrected chi connectivity index (χ4v) is 1.55. The van der Waals surface area contributed by atoms with Crippen LogP contribution in [0.15, 0.2) is 24.5 Å². The van der Waals surface area contributed by atoms with Crippen LogP contribution in [0, 0.1) is 0 Å².